The SMILES string of the molecule is CN=C(NCCCCN1CCCCC1C)N(C)Cc1cccn1C.I. The molecule has 1 aromatic heterocycles. The topological polar surface area (TPSA) is 35.8 Å². The van der Waals surface area contributed by atoms with Crippen LogP contribution in [0.1, 0.15) is 44.7 Å². The summed E-state index contributed by atoms with van der Waals surface area (Å²) < 4.78 is 2.16. The van der Waals surface area contributed by atoms with E-state index in [-0.39, 0.29) is 24.0 Å². The highest BCUT2D eigenvalue weighted by molar-refractivity contribution is 14.0. The lowest BCUT2D eigenvalue weighted by Gasteiger charge is -2.33. The van der Waals surface area contributed by atoms with E-state index in [1.54, 1.807) is 0 Å². The second-order valence-corrected chi connectivity index (χ2v) is 7.03. The van der Waals surface area contributed by atoms with Crippen LogP contribution in [0.25, 0.3) is 0 Å². The molecule has 6 heteroatoms. The quantitative estimate of drug-likeness (QED) is 0.293. The lowest BCUT2D eigenvalue weighted by Crippen LogP contribution is -2.40. The molecule has 1 aliphatic heterocycles. The van der Waals surface area contributed by atoms with Crippen molar-refractivity contribution in [3.8, 4) is 0 Å². The third-order valence-corrected chi connectivity index (χ3v) is 5.12. The molecule has 5 nitrogen and oxygen atoms in total. The zero-order chi connectivity index (χ0) is 17.4. The van der Waals surface area contributed by atoms with E-state index in [0.29, 0.717) is 0 Å². The summed E-state index contributed by atoms with van der Waals surface area (Å²) in [5, 5.41) is 3.50. The second kappa shape index (κ2) is 11.8. The molecule has 25 heavy (non-hydrogen) atoms. The Kier molecular flexibility index (Phi) is 10.5. The molecular formula is C19H36IN5. The van der Waals surface area contributed by atoms with Gasteiger partial charge in [0.1, 0.15) is 0 Å². The van der Waals surface area contributed by atoms with E-state index >= 15 is 0 Å². The number of aromatic nitrogens is 1. The van der Waals surface area contributed by atoms with Crippen LogP contribution in [-0.4, -0.2) is 60.1 Å². The molecule has 0 aliphatic carbocycles. The number of halogens is 1. The summed E-state index contributed by atoms with van der Waals surface area (Å²) in [6.45, 7) is 6.76. The largest absolute Gasteiger partial charge is 0.356 e. The Balaban J connectivity index is 0.00000312. The molecule has 0 amide bonds. The van der Waals surface area contributed by atoms with Gasteiger partial charge in [0.25, 0.3) is 0 Å². The monoisotopic (exact) mass is 461 g/mol. The molecular weight excluding hydrogens is 425 g/mol. The molecule has 2 rings (SSSR count). The summed E-state index contributed by atoms with van der Waals surface area (Å²) in [7, 11) is 6.04. The number of hydrogen-bond donors (Lipinski definition) is 1. The molecule has 144 valence electrons. The zero-order valence-electron chi connectivity index (χ0n) is 16.4. The van der Waals surface area contributed by atoms with Crippen LogP contribution in [0.15, 0.2) is 23.3 Å². The van der Waals surface area contributed by atoms with Gasteiger partial charge in [-0.05, 0) is 57.8 Å². The Hall–Kier alpha value is -0.760. The average molecular weight is 461 g/mol. The van der Waals surface area contributed by atoms with Gasteiger partial charge in [-0.15, -0.1) is 24.0 Å². The van der Waals surface area contributed by atoms with Crippen molar-refractivity contribution in [1.82, 2.24) is 19.7 Å². The zero-order valence-corrected chi connectivity index (χ0v) is 18.7. The number of unbranched alkanes of at least 4 members (excludes halogenated alkanes) is 1. The van der Waals surface area contributed by atoms with E-state index in [9.17, 15) is 0 Å². The van der Waals surface area contributed by atoms with E-state index in [1.807, 2.05) is 7.05 Å². The van der Waals surface area contributed by atoms with Crippen LogP contribution in [0.2, 0.25) is 0 Å². The molecule has 0 bridgehead atoms. The van der Waals surface area contributed by atoms with Crippen molar-refractivity contribution in [1.29, 1.82) is 0 Å². The first-order chi connectivity index (χ1) is 11.6. The maximum absolute atomic E-state index is 4.41. The smallest absolute Gasteiger partial charge is 0.193 e. The van der Waals surface area contributed by atoms with Crippen molar-refractivity contribution in [2.75, 3.05) is 33.7 Å². The number of nitrogens with one attached hydrogen (secondary N) is 1. The molecule has 1 fully saturated rings. The molecule has 1 aliphatic rings. The van der Waals surface area contributed by atoms with Gasteiger partial charge in [0, 0.05) is 45.6 Å². The summed E-state index contributed by atoms with van der Waals surface area (Å²) in [4.78, 5) is 9.24. The molecule has 0 radical (unpaired) electrons. The minimum absolute atomic E-state index is 0. The van der Waals surface area contributed by atoms with Gasteiger partial charge in [-0.2, -0.15) is 0 Å². The van der Waals surface area contributed by atoms with E-state index in [1.165, 1.54) is 50.9 Å². The first-order valence-corrected chi connectivity index (χ1v) is 9.38. The summed E-state index contributed by atoms with van der Waals surface area (Å²) >= 11 is 0. The summed E-state index contributed by atoms with van der Waals surface area (Å²) in [6, 6.07) is 5.01. The molecule has 0 spiro atoms. The van der Waals surface area contributed by atoms with Crippen LogP contribution in [0.4, 0.5) is 0 Å². The van der Waals surface area contributed by atoms with Crippen LogP contribution < -0.4 is 5.32 Å². The van der Waals surface area contributed by atoms with Gasteiger partial charge in [-0.1, -0.05) is 6.42 Å². The third-order valence-electron chi connectivity index (χ3n) is 5.12. The van der Waals surface area contributed by atoms with Gasteiger partial charge >= 0.3 is 0 Å². The average Bonchev–Trinajstić information content (AvgIpc) is 2.97. The van der Waals surface area contributed by atoms with E-state index < -0.39 is 0 Å². The van der Waals surface area contributed by atoms with Crippen LogP contribution in [0, 0.1) is 0 Å². The van der Waals surface area contributed by atoms with E-state index in [4.69, 9.17) is 0 Å². The number of aryl methyl sites for hydroxylation is 1. The predicted molar refractivity (Wildman–Crippen MR) is 118 cm³/mol. The molecule has 0 aromatic carbocycles. The minimum Gasteiger partial charge on any atom is -0.356 e. The van der Waals surface area contributed by atoms with Gasteiger partial charge < -0.3 is 19.7 Å². The van der Waals surface area contributed by atoms with Crippen molar-refractivity contribution in [2.45, 2.75) is 51.6 Å². The molecule has 1 aromatic rings. The Morgan fingerprint density at radius 3 is 2.80 bits per heavy atom. The van der Waals surface area contributed by atoms with Crippen LogP contribution in [0.3, 0.4) is 0 Å². The van der Waals surface area contributed by atoms with Gasteiger partial charge in [-0.3, -0.25) is 4.99 Å². The first kappa shape index (κ1) is 22.3. The number of nitrogens with zero attached hydrogens (tertiary/aromatic N) is 4. The van der Waals surface area contributed by atoms with Gasteiger partial charge in [-0.25, -0.2) is 0 Å². The molecule has 2 heterocycles. The number of hydrogen-bond acceptors (Lipinski definition) is 2. The minimum atomic E-state index is 0. The number of likely N-dealkylation sites (tertiary alicyclic amines) is 1. The normalized spacial score (nSPS) is 18.7. The van der Waals surface area contributed by atoms with Gasteiger partial charge in [0.2, 0.25) is 0 Å². The first-order valence-electron chi connectivity index (χ1n) is 9.38. The fourth-order valence-corrected chi connectivity index (χ4v) is 3.49. The standard InChI is InChI=1S/C19H35N5.HI/c1-17-10-5-7-14-24(17)15-8-6-12-21-19(20-2)23(4)16-18-11-9-13-22(18)3;/h9,11,13,17H,5-8,10,12,14-16H2,1-4H3,(H,20,21);1H. The molecule has 1 saturated heterocycles. The Morgan fingerprint density at radius 2 is 2.16 bits per heavy atom. The second-order valence-electron chi connectivity index (χ2n) is 7.03. The lowest BCUT2D eigenvalue weighted by molar-refractivity contribution is 0.158. The van der Waals surface area contributed by atoms with Gasteiger partial charge in [0.15, 0.2) is 5.96 Å². The summed E-state index contributed by atoms with van der Waals surface area (Å²) in [6.07, 6.45) is 8.69. The highest BCUT2D eigenvalue weighted by Crippen LogP contribution is 2.16. The molecule has 1 N–H and O–H groups in total. The van der Waals surface area contributed by atoms with Crippen LogP contribution in [-0.2, 0) is 13.6 Å². The maximum Gasteiger partial charge on any atom is 0.193 e. The van der Waals surface area contributed by atoms with Crippen molar-refractivity contribution in [3.63, 3.8) is 0 Å². The van der Waals surface area contributed by atoms with Crippen molar-refractivity contribution in [3.05, 3.63) is 24.0 Å². The Labute approximate surface area is 170 Å². The van der Waals surface area contributed by atoms with Crippen molar-refractivity contribution < 1.29 is 0 Å². The van der Waals surface area contributed by atoms with Crippen LogP contribution >= 0.6 is 24.0 Å². The van der Waals surface area contributed by atoms with Crippen LogP contribution in [0.5, 0.6) is 0 Å². The van der Waals surface area contributed by atoms with Gasteiger partial charge in [0.05, 0.1) is 6.54 Å². The van der Waals surface area contributed by atoms with E-state index in [0.717, 1.165) is 25.1 Å². The predicted octanol–water partition coefficient (Wildman–Crippen LogP) is 3.30. The molecule has 1 atom stereocenters. The Morgan fingerprint density at radius 1 is 1.36 bits per heavy atom. The molecule has 0 saturated carbocycles. The number of piperidine rings is 1. The highest BCUT2D eigenvalue weighted by atomic mass is 127. The molecule has 1 unspecified atom stereocenters. The summed E-state index contributed by atoms with van der Waals surface area (Å²) in [5.74, 6) is 0.975. The fraction of sp³-hybridized carbons (Fsp3) is 0.737. The number of aliphatic imine (C=N–C) groups is 1. The summed E-state index contributed by atoms with van der Waals surface area (Å²) in [5.41, 5.74) is 1.29. The van der Waals surface area contributed by atoms with Crippen molar-refractivity contribution in [2.24, 2.45) is 12.0 Å². The van der Waals surface area contributed by atoms with Crippen molar-refractivity contribution >= 4 is 29.9 Å². The number of rotatable bonds is 7. The lowest BCUT2D eigenvalue weighted by atomic mass is 10.0. The van der Waals surface area contributed by atoms with E-state index in [2.05, 4.69) is 64.0 Å². The number of guanidine groups is 1. The fourth-order valence-electron chi connectivity index (χ4n) is 3.49. The highest BCUT2D eigenvalue weighted by Gasteiger charge is 2.17. The third kappa shape index (κ3) is 7.17. The Bertz CT molecular complexity index is 514. The maximum atomic E-state index is 4.41.